The van der Waals surface area contributed by atoms with E-state index >= 15 is 0 Å². The predicted octanol–water partition coefficient (Wildman–Crippen LogP) is 2.38. The summed E-state index contributed by atoms with van der Waals surface area (Å²) in [5.74, 6) is 0.288. The highest BCUT2D eigenvalue weighted by molar-refractivity contribution is 5.85. The lowest BCUT2D eigenvalue weighted by atomic mass is 9.94. The molecule has 1 atom stereocenters. The molecule has 1 aromatic rings. The molecule has 1 aromatic carbocycles. The number of likely N-dealkylation sites (tertiary alicyclic amines) is 1. The van der Waals surface area contributed by atoms with Crippen molar-refractivity contribution in [1.82, 2.24) is 15.1 Å². The average Bonchev–Trinajstić information content (AvgIpc) is 2.54. The molecule has 3 rings (SSSR count). The summed E-state index contributed by atoms with van der Waals surface area (Å²) in [5.41, 5.74) is 1.23. The van der Waals surface area contributed by atoms with Crippen molar-refractivity contribution in [2.75, 3.05) is 59.5 Å². The molecule has 2 heterocycles. The van der Waals surface area contributed by atoms with Gasteiger partial charge in [-0.15, -0.1) is 24.8 Å². The van der Waals surface area contributed by atoms with Gasteiger partial charge in [0, 0.05) is 38.8 Å². The van der Waals surface area contributed by atoms with Crippen LogP contribution >= 0.6 is 24.8 Å². The van der Waals surface area contributed by atoms with Gasteiger partial charge in [-0.1, -0.05) is 12.1 Å². The standard InChI is InChI=1S/C18H28FN3O.2ClH/c1-20-12-16(15-2-4-17(19)5-3-15)6-7-21-13-18(14-21)22-8-10-23-11-9-22;;/h2-5,16,18,20H,6-14H2,1H3;2*1H. The topological polar surface area (TPSA) is 27.7 Å². The van der Waals surface area contributed by atoms with Crippen LogP contribution in [0.2, 0.25) is 0 Å². The monoisotopic (exact) mass is 393 g/mol. The van der Waals surface area contributed by atoms with Crippen LogP contribution in [0.4, 0.5) is 4.39 Å². The number of rotatable bonds is 7. The third-order valence-corrected chi connectivity index (χ3v) is 5.09. The van der Waals surface area contributed by atoms with Crippen LogP contribution in [0, 0.1) is 5.82 Å². The fraction of sp³-hybridized carbons (Fsp3) is 0.667. The number of halogens is 3. The van der Waals surface area contributed by atoms with Crippen LogP contribution in [0.25, 0.3) is 0 Å². The molecular formula is C18H30Cl2FN3O. The number of hydrogen-bond donors (Lipinski definition) is 1. The highest BCUT2D eigenvalue weighted by atomic mass is 35.5. The second kappa shape index (κ2) is 11.3. The zero-order valence-corrected chi connectivity index (χ0v) is 16.5. The van der Waals surface area contributed by atoms with Crippen LogP contribution in [0.5, 0.6) is 0 Å². The maximum absolute atomic E-state index is 13.1. The second-order valence-electron chi connectivity index (χ2n) is 6.66. The lowest BCUT2D eigenvalue weighted by Crippen LogP contribution is -2.61. The van der Waals surface area contributed by atoms with E-state index in [0.29, 0.717) is 12.0 Å². The summed E-state index contributed by atoms with van der Waals surface area (Å²) in [6, 6.07) is 7.69. The van der Waals surface area contributed by atoms with Crippen LogP contribution < -0.4 is 5.32 Å². The normalized spacial score (nSPS) is 20.2. The predicted molar refractivity (Wildman–Crippen MR) is 105 cm³/mol. The summed E-state index contributed by atoms with van der Waals surface area (Å²) in [7, 11) is 1.98. The van der Waals surface area contributed by atoms with E-state index in [2.05, 4.69) is 15.1 Å². The maximum Gasteiger partial charge on any atom is 0.123 e. The van der Waals surface area contributed by atoms with Crippen molar-refractivity contribution in [3.8, 4) is 0 Å². The number of morpholine rings is 1. The van der Waals surface area contributed by atoms with Crippen molar-refractivity contribution < 1.29 is 9.13 Å². The molecule has 0 aromatic heterocycles. The van der Waals surface area contributed by atoms with Gasteiger partial charge in [0.2, 0.25) is 0 Å². The SMILES string of the molecule is CNCC(CCN1CC(N2CCOCC2)C1)c1ccc(F)cc1.Cl.Cl. The zero-order chi connectivity index (χ0) is 16.1. The Labute approximate surface area is 162 Å². The number of ether oxygens (including phenoxy) is 1. The van der Waals surface area contributed by atoms with Gasteiger partial charge in [0.15, 0.2) is 0 Å². The third kappa shape index (κ3) is 6.35. The van der Waals surface area contributed by atoms with Gasteiger partial charge in [-0.25, -0.2) is 4.39 Å². The molecule has 2 fully saturated rings. The van der Waals surface area contributed by atoms with E-state index in [9.17, 15) is 4.39 Å². The Bertz CT molecular complexity index is 480. The number of benzene rings is 1. The van der Waals surface area contributed by atoms with Crippen molar-refractivity contribution in [3.63, 3.8) is 0 Å². The highest BCUT2D eigenvalue weighted by Crippen LogP contribution is 2.23. The molecule has 7 heteroatoms. The van der Waals surface area contributed by atoms with Crippen molar-refractivity contribution >= 4 is 24.8 Å². The Hall–Kier alpha value is -0.430. The molecule has 1 N–H and O–H groups in total. The Morgan fingerprint density at radius 2 is 1.80 bits per heavy atom. The minimum atomic E-state index is -0.159. The fourth-order valence-electron chi connectivity index (χ4n) is 3.61. The first kappa shape index (κ1) is 22.6. The minimum Gasteiger partial charge on any atom is -0.379 e. The zero-order valence-electron chi connectivity index (χ0n) is 14.8. The molecule has 2 aliphatic rings. The first-order valence-electron chi connectivity index (χ1n) is 8.70. The summed E-state index contributed by atoms with van der Waals surface area (Å²) in [5, 5.41) is 3.27. The van der Waals surface area contributed by atoms with E-state index in [1.165, 1.54) is 18.7 Å². The summed E-state index contributed by atoms with van der Waals surface area (Å²) in [6.07, 6.45) is 1.11. The molecule has 1 unspecified atom stereocenters. The molecule has 2 saturated heterocycles. The van der Waals surface area contributed by atoms with Gasteiger partial charge in [0.05, 0.1) is 13.2 Å². The Morgan fingerprint density at radius 3 is 2.40 bits per heavy atom. The average molecular weight is 394 g/mol. The largest absolute Gasteiger partial charge is 0.379 e. The first-order chi connectivity index (χ1) is 11.3. The minimum absolute atomic E-state index is 0. The van der Waals surface area contributed by atoms with Gasteiger partial charge in [-0.05, 0) is 43.6 Å². The highest BCUT2D eigenvalue weighted by Gasteiger charge is 2.32. The van der Waals surface area contributed by atoms with Gasteiger partial charge in [-0.2, -0.15) is 0 Å². The molecule has 0 aliphatic carbocycles. The summed E-state index contributed by atoms with van der Waals surface area (Å²) in [6.45, 7) is 8.33. The van der Waals surface area contributed by atoms with Crippen LogP contribution in [0.1, 0.15) is 17.9 Å². The Morgan fingerprint density at radius 1 is 1.16 bits per heavy atom. The second-order valence-corrected chi connectivity index (χ2v) is 6.66. The van der Waals surface area contributed by atoms with Gasteiger partial charge in [0.25, 0.3) is 0 Å². The summed E-state index contributed by atoms with van der Waals surface area (Å²) in [4.78, 5) is 5.09. The number of nitrogens with one attached hydrogen (secondary N) is 1. The van der Waals surface area contributed by atoms with Gasteiger partial charge in [-0.3, -0.25) is 4.90 Å². The van der Waals surface area contributed by atoms with E-state index in [4.69, 9.17) is 4.74 Å². The Balaban J connectivity index is 0.00000156. The maximum atomic E-state index is 13.1. The number of nitrogens with zero attached hydrogens (tertiary/aromatic N) is 2. The molecule has 0 amide bonds. The smallest absolute Gasteiger partial charge is 0.123 e. The van der Waals surface area contributed by atoms with E-state index in [1.54, 1.807) is 12.1 Å². The van der Waals surface area contributed by atoms with Crippen molar-refractivity contribution in [1.29, 1.82) is 0 Å². The van der Waals surface area contributed by atoms with Crippen LogP contribution in [-0.4, -0.2) is 75.4 Å². The van der Waals surface area contributed by atoms with Gasteiger partial charge >= 0.3 is 0 Å². The molecule has 0 saturated carbocycles. The van der Waals surface area contributed by atoms with E-state index < -0.39 is 0 Å². The van der Waals surface area contributed by atoms with Gasteiger partial charge in [0.1, 0.15) is 5.82 Å². The molecule has 25 heavy (non-hydrogen) atoms. The van der Waals surface area contributed by atoms with Crippen LogP contribution in [0.3, 0.4) is 0 Å². The molecule has 0 radical (unpaired) electrons. The summed E-state index contributed by atoms with van der Waals surface area (Å²) < 4.78 is 18.5. The molecule has 0 bridgehead atoms. The van der Waals surface area contributed by atoms with Crippen molar-refractivity contribution in [3.05, 3.63) is 35.6 Å². The molecule has 144 valence electrons. The fourth-order valence-corrected chi connectivity index (χ4v) is 3.61. The van der Waals surface area contributed by atoms with E-state index in [-0.39, 0.29) is 30.6 Å². The number of likely N-dealkylation sites (N-methyl/N-ethyl adjacent to an activating group) is 1. The molecule has 2 aliphatic heterocycles. The van der Waals surface area contributed by atoms with Crippen LogP contribution in [-0.2, 0) is 4.74 Å². The lowest BCUT2D eigenvalue weighted by Gasteiger charge is -2.47. The van der Waals surface area contributed by atoms with Gasteiger partial charge < -0.3 is 15.0 Å². The molecule has 0 spiro atoms. The van der Waals surface area contributed by atoms with Crippen molar-refractivity contribution in [2.24, 2.45) is 0 Å². The van der Waals surface area contributed by atoms with Crippen molar-refractivity contribution in [2.45, 2.75) is 18.4 Å². The number of hydrogen-bond acceptors (Lipinski definition) is 4. The molecule has 4 nitrogen and oxygen atoms in total. The van der Waals surface area contributed by atoms with E-state index in [1.807, 2.05) is 19.2 Å². The molecular weight excluding hydrogens is 364 g/mol. The Kier molecular flexibility index (Phi) is 10.2. The third-order valence-electron chi connectivity index (χ3n) is 5.09. The summed E-state index contributed by atoms with van der Waals surface area (Å²) >= 11 is 0. The first-order valence-corrected chi connectivity index (χ1v) is 8.70. The lowest BCUT2D eigenvalue weighted by molar-refractivity contribution is -0.0325. The van der Waals surface area contributed by atoms with Crippen LogP contribution in [0.15, 0.2) is 24.3 Å². The van der Waals surface area contributed by atoms with E-state index in [0.717, 1.165) is 45.8 Å². The quantitative estimate of drug-likeness (QED) is 0.769.